The molecule has 1 aliphatic carbocycles. The van der Waals surface area contributed by atoms with E-state index in [1.165, 1.54) is 25.7 Å². The summed E-state index contributed by atoms with van der Waals surface area (Å²) in [5, 5.41) is 8.55. The van der Waals surface area contributed by atoms with Gasteiger partial charge in [-0.05, 0) is 52.0 Å². The molecule has 28 heavy (non-hydrogen) atoms. The van der Waals surface area contributed by atoms with Gasteiger partial charge in [-0.3, -0.25) is 9.80 Å². The number of hydrogen-bond acceptors (Lipinski definition) is 6. The Morgan fingerprint density at radius 3 is 2.82 bits per heavy atom. The normalized spacial score (nSPS) is 32.6. The summed E-state index contributed by atoms with van der Waals surface area (Å²) in [6, 6.07) is 1.13. The third-order valence-corrected chi connectivity index (χ3v) is 7.29. The zero-order valence-electron chi connectivity index (χ0n) is 17.8. The van der Waals surface area contributed by atoms with E-state index in [4.69, 9.17) is 9.47 Å². The Balaban J connectivity index is 1.43. The number of likely N-dealkylation sites (tertiary alicyclic amines) is 1. The van der Waals surface area contributed by atoms with Gasteiger partial charge in [0.1, 0.15) is 12.2 Å². The van der Waals surface area contributed by atoms with Gasteiger partial charge in [-0.15, -0.1) is 10.2 Å². The fraction of sp³-hybridized carbons (Fsp3) is 0.905. The first kappa shape index (κ1) is 20.3. The lowest BCUT2D eigenvalue weighted by Crippen LogP contribution is -2.57. The number of piperidine rings is 1. The lowest BCUT2D eigenvalue weighted by Gasteiger charge is -2.54. The molecule has 3 fully saturated rings. The first-order chi connectivity index (χ1) is 13.6. The summed E-state index contributed by atoms with van der Waals surface area (Å²) < 4.78 is 13.5. The minimum Gasteiger partial charge on any atom is -0.384 e. The van der Waals surface area contributed by atoms with E-state index in [9.17, 15) is 0 Å². The minimum atomic E-state index is 0.290. The van der Waals surface area contributed by atoms with Crippen molar-refractivity contribution in [2.45, 2.75) is 58.2 Å². The second-order valence-corrected chi connectivity index (χ2v) is 9.32. The molecule has 7 nitrogen and oxygen atoms in total. The number of hydrogen-bond donors (Lipinski definition) is 0. The number of aromatic nitrogens is 3. The minimum absolute atomic E-state index is 0.290. The van der Waals surface area contributed by atoms with E-state index in [0.29, 0.717) is 11.5 Å². The van der Waals surface area contributed by atoms with Crippen molar-refractivity contribution in [3.05, 3.63) is 12.2 Å². The van der Waals surface area contributed by atoms with Crippen LogP contribution in [0.5, 0.6) is 0 Å². The molecule has 0 radical (unpaired) electrons. The third-order valence-electron chi connectivity index (χ3n) is 7.29. The van der Waals surface area contributed by atoms with Gasteiger partial charge in [-0.2, -0.15) is 0 Å². The molecule has 0 aromatic carbocycles. The highest BCUT2D eigenvalue weighted by atomic mass is 16.5. The van der Waals surface area contributed by atoms with E-state index >= 15 is 0 Å². The van der Waals surface area contributed by atoms with Crippen molar-refractivity contribution in [1.29, 1.82) is 0 Å². The molecule has 1 aromatic rings. The number of fused-ring (bicyclic) bond motifs is 1. The van der Waals surface area contributed by atoms with Crippen LogP contribution in [0.3, 0.4) is 0 Å². The van der Waals surface area contributed by atoms with Gasteiger partial charge in [0, 0.05) is 44.2 Å². The highest BCUT2D eigenvalue weighted by molar-refractivity contribution is 5.01. The summed E-state index contributed by atoms with van der Waals surface area (Å²) in [6.07, 6.45) is 7.00. The van der Waals surface area contributed by atoms with Crippen molar-refractivity contribution in [3.8, 4) is 0 Å². The maximum Gasteiger partial charge on any atom is 0.147 e. The van der Waals surface area contributed by atoms with Gasteiger partial charge >= 0.3 is 0 Å². The van der Waals surface area contributed by atoms with Gasteiger partial charge in [-0.25, -0.2) is 0 Å². The second kappa shape index (κ2) is 8.78. The molecule has 0 bridgehead atoms. The molecule has 1 saturated carbocycles. The van der Waals surface area contributed by atoms with Crippen LogP contribution < -0.4 is 0 Å². The predicted octanol–water partition coefficient (Wildman–Crippen LogP) is 2.20. The standard InChI is InChI=1S/C21H37N5O2/c1-17(2)26-16-22-23-20(26)13-24-7-5-18-12-19(25-8-10-28-11-9-25)4-6-21(18,14-24)15-27-3/h16-19H,4-15H2,1-3H3/t18-,19-,21+/m1/s1. The Morgan fingerprint density at radius 1 is 1.25 bits per heavy atom. The van der Waals surface area contributed by atoms with Gasteiger partial charge in [0.05, 0.1) is 26.4 Å². The molecule has 158 valence electrons. The van der Waals surface area contributed by atoms with Gasteiger partial charge in [0.25, 0.3) is 0 Å². The molecule has 2 aliphatic heterocycles. The summed E-state index contributed by atoms with van der Waals surface area (Å²) >= 11 is 0. The van der Waals surface area contributed by atoms with E-state index in [-0.39, 0.29) is 0 Å². The van der Waals surface area contributed by atoms with Gasteiger partial charge in [0.2, 0.25) is 0 Å². The molecule has 7 heteroatoms. The molecule has 4 rings (SSSR count). The number of ether oxygens (including phenoxy) is 2. The maximum absolute atomic E-state index is 5.77. The third kappa shape index (κ3) is 4.13. The van der Waals surface area contributed by atoms with Crippen LogP contribution in [0.15, 0.2) is 6.33 Å². The fourth-order valence-corrected chi connectivity index (χ4v) is 5.79. The Hall–Kier alpha value is -1.02. The molecule has 0 amide bonds. The molecule has 3 aliphatic rings. The van der Waals surface area contributed by atoms with Crippen molar-refractivity contribution in [1.82, 2.24) is 24.6 Å². The fourth-order valence-electron chi connectivity index (χ4n) is 5.79. The molecule has 1 aromatic heterocycles. The lowest BCUT2D eigenvalue weighted by molar-refractivity contribution is -0.0876. The van der Waals surface area contributed by atoms with Crippen LogP contribution in [0.2, 0.25) is 0 Å². The van der Waals surface area contributed by atoms with Crippen LogP contribution >= 0.6 is 0 Å². The zero-order chi connectivity index (χ0) is 19.6. The average Bonchev–Trinajstić information content (AvgIpc) is 3.17. The van der Waals surface area contributed by atoms with Crippen molar-refractivity contribution >= 4 is 0 Å². The van der Waals surface area contributed by atoms with Crippen LogP contribution in [-0.2, 0) is 16.0 Å². The van der Waals surface area contributed by atoms with Gasteiger partial charge in [0.15, 0.2) is 0 Å². The predicted molar refractivity (Wildman–Crippen MR) is 108 cm³/mol. The molecular formula is C21H37N5O2. The number of nitrogens with zero attached hydrogens (tertiary/aromatic N) is 5. The largest absolute Gasteiger partial charge is 0.384 e. The number of morpholine rings is 1. The Morgan fingerprint density at radius 2 is 2.07 bits per heavy atom. The highest BCUT2D eigenvalue weighted by Crippen LogP contribution is 2.48. The summed E-state index contributed by atoms with van der Waals surface area (Å²) in [7, 11) is 1.87. The lowest BCUT2D eigenvalue weighted by atomic mass is 9.62. The quantitative estimate of drug-likeness (QED) is 0.741. The summed E-state index contributed by atoms with van der Waals surface area (Å²) in [5.41, 5.74) is 0.290. The molecule has 0 unspecified atom stereocenters. The Kier molecular flexibility index (Phi) is 6.35. The molecule has 2 saturated heterocycles. The van der Waals surface area contributed by atoms with E-state index in [1.54, 1.807) is 0 Å². The molecular weight excluding hydrogens is 354 g/mol. The second-order valence-electron chi connectivity index (χ2n) is 9.32. The van der Waals surface area contributed by atoms with Crippen molar-refractivity contribution in [3.63, 3.8) is 0 Å². The van der Waals surface area contributed by atoms with Crippen LogP contribution in [0.25, 0.3) is 0 Å². The van der Waals surface area contributed by atoms with E-state index in [2.05, 4.69) is 38.4 Å². The number of rotatable bonds is 6. The van der Waals surface area contributed by atoms with Crippen LogP contribution in [0, 0.1) is 11.3 Å². The number of methoxy groups -OCH3 is 1. The van der Waals surface area contributed by atoms with Crippen LogP contribution in [0.1, 0.15) is 51.4 Å². The molecule has 3 atom stereocenters. The molecule has 0 N–H and O–H groups in total. The first-order valence-corrected chi connectivity index (χ1v) is 11.0. The van der Waals surface area contributed by atoms with E-state index in [0.717, 1.165) is 70.3 Å². The molecule has 0 spiro atoms. The summed E-state index contributed by atoms with van der Waals surface area (Å²) in [6.45, 7) is 12.4. The van der Waals surface area contributed by atoms with Gasteiger partial charge < -0.3 is 14.0 Å². The Labute approximate surface area is 169 Å². The first-order valence-electron chi connectivity index (χ1n) is 11.0. The SMILES string of the molecule is COC[C@@]12CC[C@@H](N3CCOCC3)C[C@H]1CCN(Cc1nncn1C(C)C)C2. The summed E-state index contributed by atoms with van der Waals surface area (Å²) in [4.78, 5) is 5.27. The average molecular weight is 392 g/mol. The maximum atomic E-state index is 5.77. The van der Waals surface area contributed by atoms with Crippen LogP contribution in [0.4, 0.5) is 0 Å². The Bertz CT molecular complexity index is 630. The molecule has 3 heterocycles. The topological polar surface area (TPSA) is 55.7 Å². The van der Waals surface area contributed by atoms with Crippen molar-refractivity contribution in [2.75, 3.05) is 53.1 Å². The summed E-state index contributed by atoms with van der Waals surface area (Å²) in [5.74, 6) is 1.84. The highest BCUT2D eigenvalue weighted by Gasteiger charge is 2.48. The zero-order valence-corrected chi connectivity index (χ0v) is 17.8. The smallest absolute Gasteiger partial charge is 0.147 e. The van der Waals surface area contributed by atoms with Crippen molar-refractivity contribution in [2.24, 2.45) is 11.3 Å². The van der Waals surface area contributed by atoms with Crippen molar-refractivity contribution < 1.29 is 9.47 Å². The van der Waals surface area contributed by atoms with Gasteiger partial charge in [-0.1, -0.05) is 0 Å². The van der Waals surface area contributed by atoms with Crippen LogP contribution in [-0.4, -0.2) is 83.7 Å². The van der Waals surface area contributed by atoms with E-state index < -0.39 is 0 Å². The monoisotopic (exact) mass is 391 g/mol. The van der Waals surface area contributed by atoms with E-state index in [1.807, 2.05) is 13.4 Å².